The van der Waals surface area contributed by atoms with Gasteiger partial charge in [0.05, 0.1) is 33.1 Å². The van der Waals surface area contributed by atoms with Gasteiger partial charge in [-0.25, -0.2) is 0 Å². The summed E-state index contributed by atoms with van der Waals surface area (Å²) in [5, 5.41) is 8.17. The second-order valence-corrected chi connectivity index (χ2v) is 7.41. The first-order valence-corrected chi connectivity index (χ1v) is 10.2. The minimum Gasteiger partial charge on any atom is -0.493 e. The minimum absolute atomic E-state index is 0. The molecule has 0 bridgehead atoms. The largest absolute Gasteiger partial charge is 0.493 e. The number of rotatable bonds is 7. The molecule has 0 fully saturated rings. The normalized spacial score (nSPS) is 13.5. The van der Waals surface area contributed by atoms with E-state index in [2.05, 4.69) is 39.4 Å². The van der Waals surface area contributed by atoms with Gasteiger partial charge in [0.2, 0.25) is 0 Å². The Morgan fingerprint density at radius 1 is 1.13 bits per heavy atom. The molecule has 8 nitrogen and oxygen atoms in total. The van der Waals surface area contributed by atoms with Crippen molar-refractivity contribution in [1.82, 2.24) is 20.0 Å². The molecule has 3 rings (SSSR count). The molecule has 1 aliphatic heterocycles. The van der Waals surface area contributed by atoms with Gasteiger partial charge in [-0.05, 0) is 43.5 Å². The van der Waals surface area contributed by atoms with Gasteiger partial charge in [0.25, 0.3) is 0 Å². The van der Waals surface area contributed by atoms with Gasteiger partial charge in [0, 0.05) is 45.0 Å². The molecule has 2 aromatic rings. The minimum atomic E-state index is 0. The number of aryl methyl sites for hydroxylation is 1. The van der Waals surface area contributed by atoms with Crippen LogP contribution in [-0.4, -0.2) is 62.2 Å². The second kappa shape index (κ2) is 11.6. The predicted octanol–water partition coefficient (Wildman–Crippen LogP) is 2.92. The number of nitrogens with zero attached hydrogens (tertiary/aromatic N) is 4. The Bertz CT molecular complexity index is 913. The standard InChI is InChI=1S/C22H33N5O3.HI/c1-15-19(16(2)27(25-15)9-10-28-4)13-24-22(23-3)26-8-7-17-11-20(29-5)21(30-6)12-18(17)14-26;/h11-12H,7-10,13-14H2,1-6H3,(H,23,24);1H. The second-order valence-electron chi connectivity index (χ2n) is 7.41. The molecule has 0 unspecified atom stereocenters. The lowest BCUT2D eigenvalue weighted by Gasteiger charge is -2.32. The number of guanidine groups is 1. The number of fused-ring (bicyclic) bond motifs is 1. The van der Waals surface area contributed by atoms with Crippen molar-refractivity contribution in [3.05, 3.63) is 40.2 Å². The summed E-state index contributed by atoms with van der Waals surface area (Å²) < 4.78 is 18.1. The summed E-state index contributed by atoms with van der Waals surface area (Å²) in [4.78, 5) is 6.79. The molecular weight excluding hydrogens is 509 g/mol. The van der Waals surface area contributed by atoms with Gasteiger partial charge >= 0.3 is 0 Å². The fourth-order valence-electron chi connectivity index (χ4n) is 3.95. The highest BCUT2D eigenvalue weighted by Gasteiger charge is 2.22. The zero-order valence-corrected chi connectivity index (χ0v) is 21.6. The molecule has 172 valence electrons. The van der Waals surface area contributed by atoms with Crippen LogP contribution in [0.4, 0.5) is 0 Å². The summed E-state index contributed by atoms with van der Waals surface area (Å²) >= 11 is 0. The number of hydrogen-bond donors (Lipinski definition) is 1. The average molecular weight is 543 g/mol. The van der Waals surface area contributed by atoms with Gasteiger partial charge in [0.1, 0.15) is 0 Å². The van der Waals surface area contributed by atoms with Gasteiger partial charge < -0.3 is 24.4 Å². The van der Waals surface area contributed by atoms with Crippen molar-refractivity contribution in [1.29, 1.82) is 0 Å². The number of aliphatic imine (C=N–C) groups is 1. The third-order valence-corrected chi connectivity index (χ3v) is 5.69. The first-order chi connectivity index (χ1) is 14.5. The summed E-state index contributed by atoms with van der Waals surface area (Å²) in [7, 11) is 6.88. The molecule has 1 aromatic heterocycles. The molecule has 0 atom stereocenters. The van der Waals surface area contributed by atoms with E-state index in [-0.39, 0.29) is 24.0 Å². The van der Waals surface area contributed by atoms with Crippen LogP contribution in [0.25, 0.3) is 0 Å². The van der Waals surface area contributed by atoms with Crippen LogP contribution in [0.5, 0.6) is 11.5 Å². The first-order valence-electron chi connectivity index (χ1n) is 10.2. The van der Waals surface area contributed by atoms with Gasteiger partial charge in [-0.1, -0.05) is 0 Å². The monoisotopic (exact) mass is 543 g/mol. The summed E-state index contributed by atoms with van der Waals surface area (Å²) in [6.07, 6.45) is 0.934. The molecule has 0 saturated carbocycles. The van der Waals surface area contributed by atoms with Crippen molar-refractivity contribution in [2.75, 3.05) is 41.5 Å². The summed E-state index contributed by atoms with van der Waals surface area (Å²) in [5.74, 6) is 2.43. The van der Waals surface area contributed by atoms with E-state index < -0.39 is 0 Å². The fraction of sp³-hybridized carbons (Fsp3) is 0.545. The van der Waals surface area contributed by atoms with Gasteiger partial charge in [-0.2, -0.15) is 5.10 Å². The first kappa shape index (κ1) is 25.3. The quantitative estimate of drug-likeness (QED) is 0.329. The molecule has 0 saturated heterocycles. The van der Waals surface area contributed by atoms with Crippen molar-refractivity contribution in [2.45, 2.75) is 39.9 Å². The van der Waals surface area contributed by atoms with E-state index in [4.69, 9.17) is 14.2 Å². The fourth-order valence-corrected chi connectivity index (χ4v) is 3.95. The molecular formula is C22H34IN5O3. The van der Waals surface area contributed by atoms with Crippen LogP contribution in [0.15, 0.2) is 17.1 Å². The highest BCUT2D eigenvalue weighted by molar-refractivity contribution is 14.0. The van der Waals surface area contributed by atoms with Gasteiger partial charge in [-0.15, -0.1) is 24.0 Å². The van der Waals surface area contributed by atoms with Gasteiger partial charge in [-0.3, -0.25) is 9.67 Å². The van der Waals surface area contributed by atoms with E-state index in [9.17, 15) is 0 Å². The van der Waals surface area contributed by atoms with Crippen molar-refractivity contribution in [3.63, 3.8) is 0 Å². The Morgan fingerprint density at radius 3 is 2.42 bits per heavy atom. The zero-order valence-electron chi connectivity index (χ0n) is 19.3. The Kier molecular flexibility index (Phi) is 9.42. The molecule has 0 aliphatic carbocycles. The van der Waals surface area contributed by atoms with Crippen molar-refractivity contribution < 1.29 is 14.2 Å². The van der Waals surface area contributed by atoms with Crippen molar-refractivity contribution in [2.24, 2.45) is 4.99 Å². The molecule has 0 spiro atoms. The predicted molar refractivity (Wildman–Crippen MR) is 133 cm³/mol. The SMILES string of the molecule is CN=C(NCc1c(C)nn(CCOC)c1C)N1CCc2cc(OC)c(OC)cc2C1.I. The topological polar surface area (TPSA) is 73.1 Å². The lowest BCUT2D eigenvalue weighted by atomic mass is 9.99. The van der Waals surface area contributed by atoms with Crippen molar-refractivity contribution in [3.8, 4) is 11.5 Å². The number of aromatic nitrogens is 2. The maximum Gasteiger partial charge on any atom is 0.194 e. The Morgan fingerprint density at radius 2 is 1.81 bits per heavy atom. The Hall–Kier alpha value is -2.01. The molecule has 1 aromatic carbocycles. The number of nitrogens with one attached hydrogen (secondary N) is 1. The smallest absolute Gasteiger partial charge is 0.194 e. The van der Waals surface area contributed by atoms with Gasteiger partial charge in [0.15, 0.2) is 17.5 Å². The van der Waals surface area contributed by atoms with E-state index in [1.54, 1.807) is 21.3 Å². The van der Waals surface area contributed by atoms with E-state index in [1.807, 2.05) is 18.7 Å². The maximum atomic E-state index is 5.48. The number of methoxy groups -OCH3 is 3. The molecule has 1 aliphatic rings. The third-order valence-electron chi connectivity index (χ3n) is 5.69. The van der Waals surface area contributed by atoms with Crippen LogP contribution >= 0.6 is 24.0 Å². The lowest BCUT2D eigenvalue weighted by molar-refractivity contribution is 0.182. The van der Waals surface area contributed by atoms with Crippen LogP contribution in [-0.2, 0) is 30.8 Å². The number of halogens is 1. The zero-order chi connectivity index (χ0) is 21.7. The maximum absolute atomic E-state index is 5.48. The van der Waals surface area contributed by atoms with Crippen LogP contribution in [0.3, 0.4) is 0 Å². The molecule has 2 heterocycles. The van der Waals surface area contributed by atoms with Crippen LogP contribution < -0.4 is 14.8 Å². The highest BCUT2D eigenvalue weighted by atomic mass is 127. The molecule has 9 heteroatoms. The van der Waals surface area contributed by atoms with Crippen LogP contribution in [0.1, 0.15) is 28.1 Å². The van der Waals surface area contributed by atoms with Crippen molar-refractivity contribution >= 4 is 29.9 Å². The van der Waals surface area contributed by atoms with E-state index >= 15 is 0 Å². The molecule has 31 heavy (non-hydrogen) atoms. The average Bonchev–Trinajstić information content (AvgIpc) is 3.04. The molecule has 0 radical (unpaired) electrons. The Balaban J connectivity index is 0.00000341. The highest BCUT2D eigenvalue weighted by Crippen LogP contribution is 2.33. The van der Waals surface area contributed by atoms with E-state index in [1.165, 1.54) is 16.7 Å². The van der Waals surface area contributed by atoms with E-state index in [0.717, 1.165) is 54.9 Å². The number of hydrogen-bond acceptors (Lipinski definition) is 5. The third kappa shape index (κ3) is 5.62. The number of benzene rings is 1. The summed E-state index contributed by atoms with van der Waals surface area (Å²) in [6, 6.07) is 4.16. The lowest BCUT2D eigenvalue weighted by Crippen LogP contribution is -2.43. The Labute approximate surface area is 202 Å². The molecule has 1 N–H and O–H groups in total. The summed E-state index contributed by atoms with van der Waals surface area (Å²) in [6.45, 7) is 7.92. The van der Waals surface area contributed by atoms with Crippen LogP contribution in [0, 0.1) is 13.8 Å². The summed E-state index contributed by atoms with van der Waals surface area (Å²) in [5.41, 5.74) is 5.93. The number of ether oxygens (including phenoxy) is 3. The van der Waals surface area contributed by atoms with Crippen LogP contribution in [0.2, 0.25) is 0 Å². The molecule has 0 amide bonds. The van der Waals surface area contributed by atoms with E-state index in [0.29, 0.717) is 13.2 Å².